The highest BCUT2D eigenvalue weighted by Gasteiger charge is 2.23. The summed E-state index contributed by atoms with van der Waals surface area (Å²) in [5.74, 6) is 0.647. The van der Waals surface area contributed by atoms with Crippen LogP contribution in [0.2, 0.25) is 0 Å². The standard InChI is InChI=1S/C20H25N3O/c1-16-4-2-3-5-19(16)15-23-11-8-18(14-23)13-22-20(24)12-17-6-9-21-10-7-17/h2-7,9-10,18H,8,11-15H2,1H3,(H,22,24)/t18-/m1/s1. The first-order valence-electron chi connectivity index (χ1n) is 8.63. The summed E-state index contributed by atoms with van der Waals surface area (Å²) in [5.41, 5.74) is 3.77. The molecule has 0 bridgehead atoms. The molecule has 3 rings (SSSR count). The molecule has 24 heavy (non-hydrogen) atoms. The highest BCUT2D eigenvalue weighted by molar-refractivity contribution is 5.78. The lowest BCUT2D eigenvalue weighted by Crippen LogP contribution is -2.32. The van der Waals surface area contributed by atoms with Gasteiger partial charge in [0.25, 0.3) is 0 Å². The number of rotatable bonds is 6. The largest absolute Gasteiger partial charge is 0.355 e. The Kier molecular flexibility index (Phi) is 5.59. The van der Waals surface area contributed by atoms with Crippen molar-refractivity contribution in [2.75, 3.05) is 19.6 Å². The Bertz CT molecular complexity index is 672. The summed E-state index contributed by atoms with van der Waals surface area (Å²) in [7, 11) is 0. The lowest BCUT2D eigenvalue weighted by atomic mass is 10.1. The van der Waals surface area contributed by atoms with Crippen LogP contribution in [0, 0.1) is 12.8 Å². The fourth-order valence-electron chi connectivity index (χ4n) is 3.26. The molecular formula is C20H25N3O. The van der Waals surface area contributed by atoms with E-state index < -0.39 is 0 Å². The number of carbonyl (C=O) groups excluding carboxylic acids is 1. The first-order valence-corrected chi connectivity index (χ1v) is 8.63. The van der Waals surface area contributed by atoms with Crippen LogP contribution in [-0.4, -0.2) is 35.4 Å². The Morgan fingerprint density at radius 2 is 2.04 bits per heavy atom. The minimum atomic E-state index is 0.0959. The van der Waals surface area contributed by atoms with E-state index in [-0.39, 0.29) is 5.91 Å². The molecule has 1 aromatic carbocycles. The Hall–Kier alpha value is -2.20. The van der Waals surface area contributed by atoms with Crippen LogP contribution in [0.5, 0.6) is 0 Å². The second kappa shape index (κ2) is 8.06. The quantitative estimate of drug-likeness (QED) is 0.889. The molecule has 0 radical (unpaired) electrons. The van der Waals surface area contributed by atoms with Crippen LogP contribution in [0.15, 0.2) is 48.8 Å². The molecule has 1 amide bonds. The fourth-order valence-corrected chi connectivity index (χ4v) is 3.26. The van der Waals surface area contributed by atoms with Gasteiger partial charge in [-0.2, -0.15) is 0 Å². The lowest BCUT2D eigenvalue weighted by Gasteiger charge is -2.17. The molecular weight excluding hydrogens is 298 g/mol. The molecule has 1 saturated heterocycles. The van der Waals surface area contributed by atoms with E-state index in [0.717, 1.165) is 38.2 Å². The zero-order chi connectivity index (χ0) is 16.8. The topological polar surface area (TPSA) is 45.2 Å². The van der Waals surface area contributed by atoms with Gasteiger partial charge in [-0.05, 0) is 54.6 Å². The van der Waals surface area contributed by atoms with Crippen molar-refractivity contribution >= 4 is 5.91 Å². The maximum atomic E-state index is 12.0. The molecule has 126 valence electrons. The van der Waals surface area contributed by atoms with Gasteiger partial charge in [-0.25, -0.2) is 0 Å². The van der Waals surface area contributed by atoms with Crippen LogP contribution in [0.3, 0.4) is 0 Å². The Morgan fingerprint density at radius 1 is 1.25 bits per heavy atom. The number of amides is 1. The van der Waals surface area contributed by atoms with E-state index in [1.807, 2.05) is 12.1 Å². The van der Waals surface area contributed by atoms with Crippen molar-refractivity contribution in [1.29, 1.82) is 0 Å². The van der Waals surface area contributed by atoms with Gasteiger partial charge in [-0.1, -0.05) is 24.3 Å². The fraction of sp³-hybridized carbons (Fsp3) is 0.400. The average molecular weight is 323 g/mol. The molecule has 2 heterocycles. The van der Waals surface area contributed by atoms with Crippen molar-refractivity contribution in [1.82, 2.24) is 15.2 Å². The molecule has 0 spiro atoms. The summed E-state index contributed by atoms with van der Waals surface area (Å²) < 4.78 is 0. The minimum Gasteiger partial charge on any atom is -0.355 e. The molecule has 1 N–H and O–H groups in total. The van der Waals surface area contributed by atoms with Gasteiger partial charge in [-0.3, -0.25) is 14.7 Å². The number of nitrogens with one attached hydrogen (secondary N) is 1. The molecule has 0 saturated carbocycles. The molecule has 0 unspecified atom stereocenters. The van der Waals surface area contributed by atoms with E-state index in [9.17, 15) is 4.79 Å². The maximum Gasteiger partial charge on any atom is 0.224 e. The van der Waals surface area contributed by atoms with E-state index in [0.29, 0.717) is 12.3 Å². The van der Waals surface area contributed by atoms with Crippen molar-refractivity contribution in [2.45, 2.75) is 26.3 Å². The highest BCUT2D eigenvalue weighted by Crippen LogP contribution is 2.19. The molecule has 4 nitrogen and oxygen atoms in total. The van der Waals surface area contributed by atoms with Crippen molar-refractivity contribution in [2.24, 2.45) is 5.92 Å². The van der Waals surface area contributed by atoms with Gasteiger partial charge in [0.1, 0.15) is 0 Å². The predicted octanol–water partition coefficient (Wildman–Crippen LogP) is 2.57. The SMILES string of the molecule is Cc1ccccc1CN1CC[C@H](CNC(=O)Cc2ccncc2)C1. The van der Waals surface area contributed by atoms with Gasteiger partial charge in [0.05, 0.1) is 6.42 Å². The molecule has 1 fully saturated rings. The van der Waals surface area contributed by atoms with E-state index in [1.165, 1.54) is 11.1 Å². The summed E-state index contributed by atoms with van der Waals surface area (Å²) in [6.07, 6.45) is 5.04. The predicted molar refractivity (Wildman–Crippen MR) is 95.5 cm³/mol. The van der Waals surface area contributed by atoms with E-state index in [4.69, 9.17) is 0 Å². The number of likely N-dealkylation sites (tertiary alicyclic amines) is 1. The number of nitrogens with zero attached hydrogens (tertiary/aromatic N) is 2. The summed E-state index contributed by atoms with van der Waals surface area (Å²) in [6.45, 7) is 6.12. The monoisotopic (exact) mass is 323 g/mol. The van der Waals surface area contributed by atoms with Crippen LogP contribution in [0.1, 0.15) is 23.1 Å². The third-order valence-electron chi connectivity index (χ3n) is 4.73. The first-order chi connectivity index (χ1) is 11.7. The van der Waals surface area contributed by atoms with Gasteiger partial charge in [0, 0.05) is 32.0 Å². The van der Waals surface area contributed by atoms with Crippen LogP contribution < -0.4 is 5.32 Å². The number of benzene rings is 1. The number of pyridine rings is 1. The molecule has 1 aromatic heterocycles. The van der Waals surface area contributed by atoms with Crippen LogP contribution in [0.4, 0.5) is 0 Å². The summed E-state index contributed by atoms with van der Waals surface area (Å²) in [5, 5.41) is 3.08. The molecule has 1 atom stereocenters. The van der Waals surface area contributed by atoms with Crippen molar-refractivity contribution in [3.63, 3.8) is 0 Å². The first kappa shape index (κ1) is 16.7. The Morgan fingerprint density at radius 3 is 2.83 bits per heavy atom. The van der Waals surface area contributed by atoms with E-state index >= 15 is 0 Å². The number of hydrogen-bond acceptors (Lipinski definition) is 3. The Labute approximate surface area is 143 Å². The van der Waals surface area contributed by atoms with Crippen LogP contribution >= 0.6 is 0 Å². The van der Waals surface area contributed by atoms with Gasteiger partial charge < -0.3 is 5.32 Å². The number of carbonyl (C=O) groups is 1. The van der Waals surface area contributed by atoms with Gasteiger partial charge in [-0.15, -0.1) is 0 Å². The molecule has 1 aliphatic heterocycles. The second-order valence-electron chi connectivity index (χ2n) is 6.65. The van der Waals surface area contributed by atoms with Crippen molar-refractivity contribution in [3.8, 4) is 0 Å². The number of aromatic nitrogens is 1. The van der Waals surface area contributed by atoms with E-state index in [2.05, 4.69) is 46.4 Å². The number of hydrogen-bond donors (Lipinski definition) is 1. The average Bonchev–Trinajstić information content (AvgIpc) is 3.04. The van der Waals surface area contributed by atoms with Crippen molar-refractivity contribution in [3.05, 3.63) is 65.5 Å². The van der Waals surface area contributed by atoms with Crippen molar-refractivity contribution < 1.29 is 4.79 Å². The van der Waals surface area contributed by atoms with Gasteiger partial charge >= 0.3 is 0 Å². The van der Waals surface area contributed by atoms with E-state index in [1.54, 1.807) is 12.4 Å². The molecule has 2 aromatic rings. The smallest absolute Gasteiger partial charge is 0.224 e. The normalized spacial score (nSPS) is 17.8. The van der Waals surface area contributed by atoms with Crippen LogP contribution in [-0.2, 0) is 17.8 Å². The second-order valence-corrected chi connectivity index (χ2v) is 6.65. The highest BCUT2D eigenvalue weighted by atomic mass is 16.1. The van der Waals surface area contributed by atoms with Gasteiger partial charge in [0.2, 0.25) is 5.91 Å². The summed E-state index contributed by atoms with van der Waals surface area (Å²) >= 11 is 0. The minimum absolute atomic E-state index is 0.0959. The molecule has 1 aliphatic rings. The lowest BCUT2D eigenvalue weighted by molar-refractivity contribution is -0.120. The zero-order valence-corrected chi connectivity index (χ0v) is 14.2. The van der Waals surface area contributed by atoms with Gasteiger partial charge in [0.15, 0.2) is 0 Å². The summed E-state index contributed by atoms with van der Waals surface area (Å²) in [6, 6.07) is 12.3. The zero-order valence-electron chi connectivity index (χ0n) is 14.2. The number of aryl methyl sites for hydroxylation is 1. The third kappa shape index (κ3) is 4.65. The molecule has 0 aliphatic carbocycles. The third-order valence-corrected chi connectivity index (χ3v) is 4.73. The van der Waals surface area contributed by atoms with Crippen LogP contribution in [0.25, 0.3) is 0 Å². The Balaban J connectivity index is 1.41. The molecule has 4 heteroatoms. The summed E-state index contributed by atoms with van der Waals surface area (Å²) in [4.78, 5) is 18.5. The maximum absolute atomic E-state index is 12.0.